The van der Waals surface area contributed by atoms with Crippen molar-refractivity contribution in [2.45, 2.75) is 26.4 Å². The summed E-state index contributed by atoms with van der Waals surface area (Å²) in [5, 5.41) is 19.7. The molecule has 0 rings (SSSR count). The summed E-state index contributed by atoms with van der Waals surface area (Å²) >= 11 is 0. The first kappa shape index (κ1) is 7.43. The zero-order valence-corrected chi connectivity index (χ0v) is 5.13. The topological polar surface area (TPSA) is 52.8 Å². The molecule has 0 heterocycles. The molecule has 3 nitrogen and oxygen atoms in total. The summed E-state index contributed by atoms with van der Waals surface area (Å²) in [7, 11) is 0. The summed E-state index contributed by atoms with van der Waals surface area (Å²) < 4.78 is 0. The molecule has 0 saturated carbocycles. The molecule has 0 radical (unpaired) electrons. The maximum absolute atomic E-state index is 8.84. The van der Waals surface area contributed by atoms with E-state index in [-0.39, 0.29) is 0 Å². The molecule has 48 valence electrons. The second kappa shape index (κ2) is 3.43. The predicted octanol–water partition coefficient (Wildman–Crippen LogP) is 0.607. The molecule has 1 unspecified atom stereocenters. The number of hydrogen-bond acceptors (Lipinski definition) is 3. The zero-order valence-electron chi connectivity index (χ0n) is 5.13. The molecule has 0 saturated heterocycles. The molecule has 0 amide bonds. The van der Waals surface area contributed by atoms with Crippen LogP contribution in [0.4, 0.5) is 0 Å². The fourth-order valence-corrected chi connectivity index (χ4v) is 0.362. The van der Waals surface area contributed by atoms with E-state index in [1.54, 1.807) is 6.92 Å². The Morgan fingerprint density at radius 3 is 2.38 bits per heavy atom. The van der Waals surface area contributed by atoms with E-state index in [1.165, 1.54) is 0 Å². The summed E-state index contributed by atoms with van der Waals surface area (Å²) in [5.74, 6) is 0. The Morgan fingerprint density at radius 1 is 1.75 bits per heavy atom. The molecule has 2 N–H and O–H groups in total. The molecule has 3 heteroatoms. The van der Waals surface area contributed by atoms with Gasteiger partial charge in [0, 0.05) is 0 Å². The fraction of sp³-hybridized carbons (Fsp3) is 0.800. The van der Waals surface area contributed by atoms with Crippen molar-refractivity contribution < 1.29 is 10.3 Å². The Hall–Kier alpha value is -0.570. The molecule has 0 aromatic heterocycles. The van der Waals surface area contributed by atoms with Crippen LogP contribution in [-0.2, 0) is 0 Å². The van der Waals surface area contributed by atoms with Gasteiger partial charge < -0.3 is 10.3 Å². The monoisotopic (exact) mass is 117 g/mol. The van der Waals surface area contributed by atoms with Gasteiger partial charge in [-0.05, 0) is 13.3 Å². The van der Waals surface area contributed by atoms with Crippen LogP contribution in [0, 0.1) is 0 Å². The number of hydrogen-bond donors (Lipinski definition) is 2. The van der Waals surface area contributed by atoms with Crippen LogP contribution in [0.2, 0.25) is 0 Å². The number of aliphatic hydroxyl groups is 1. The standard InChI is InChI=1S/C5H11NO2/c1-3-5(7)4(2)6-8/h5,7-8H,3H2,1-2H3. The highest BCUT2D eigenvalue weighted by Crippen LogP contribution is 1.91. The predicted molar refractivity (Wildman–Crippen MR) is 31.2 cm³/mol. The minimum absolute atomic E-state index is 0.368. The van der Waals surface area contributed by atoms with Crippen molar-refractivity contribution in [3.8, 4) is 0 Å². The molecule has 0 aliphatic heterocycles. The highest BCUT2D eigenvalue weighted by Gasteiger charge is 2.02. The molecule has 0 aromatic rings. The van der Waals surface area contributed by atoms with Crippen LogP contribution in [0.5, 0.6) is 0 Å². The first-order valence-corrected chi connectivity index (χ1v) is 2.59. The van der Waals surface area contributed by atoms with E-state index in [0.29, 0.717) is 12.1 Å². The van der Waals surface area contributed by atoms with Gasteiger partial charge >= 0.3 is 0 Å². The van der Waals surface area contributed by atoms with Crippen molar-refractivity contribution in [2.24, 2.45) is 5.16 Å². The second-order valence-electron chi connectivity index (χ2n) is 1.67. The van der Waals surface area contributed by atoms with E-state index in [9.17, 15) is 0 Å². The molecule has 1 atom stereocenters. The van der Waals surface area contributed by atoms with E-state index >= 15 is 0 Å². The first-order valence-electron chi connectivity index (χ1n) is 2.59. The molecule has 0 bridgehead atoms. The van der Waals surface area contributed by atoms with Crippen LogP contribution in [0.15, 0.2) is 5.16 Å². The van der Waals surface area contributed by atoms with Crippen LogP contribution < -0.4 is 0 Å². The van der Waals surface area contributed by atoms with Gasteiger partial charge in [-0.25, -0.2) is 0 Å². The molecular formula is C5H11NO2. The molecule has 0 spiro atoms. The Morgan fingerprint density at radius 2 is 2.25 bits per heavy atom. The van der Waals surface area contributed by atoms with Gasteiger partial charge in [-0.2, -0.15) is 0 Å². The van der Waals surface area contributed by atoms with E-state index in [1.807, 2.05) is 6.92 Å². The molecule has 0 fully saturated rings. The maximum atomic E-state index is 8.84. The Bertz CT molecular complexity index is 90.4. The Balaban J connectivity index is 3.63. The van der Waals surface area contributed by atoms with Crippen molar-refractivity contribution in [1.29, 1.82) is 0 Å². The summed E-state index contributed by atoms with van der Waals surface area (Å²) in [6.07, 6.45) is 0.00981. The van der Waals surface area contributed by atoms with Crippen LogP contribution in [0.3, 0.4) is 0 Å². The van der Waals surface area contributed by atoms with Crippen molar-refractivity contribution in [2.75, 3.05) is 0 Å². The molecular weight excluding hydrogens is 106 g/mol. The van der Waals surface area contributed by atoms with Crippen LogP contribution in [-0.4, -0.2) is 22.1 Å². The summed E-state index contributed by atoms with van der Waals surface area (Å²) in [5.41, 5.74) is 0.368. The Kier molecular flexibility index (Phi) is 3.19. The van der Waals surface area contributed by atoms with Gasteiger partial charge in [0.2, 0.25) is 0 Å². The average Bonchev–Trinajstić information content (AvgIpc) is 1.84. The lowest BCUT2D eigenvalue weighted by molar-refractivity contribution is 0.225. The van der Waals surface area contributed by atoms with Crippen molar-refractivity contribution in [3.05, 3.63) is 0 Å². The molecule has 0 aliphatic rings. The van der Waals surface area contributed by atoms with Crippen LogP contribution in [0.1, 0.15) is 20.3 Å². The largest absolute Gasteiger partial charge is 0.411 e. The fourth-order valence-electron chi connectivity index (χ4n) is 0.362. The number of nitrogens with zero attached hydrogens (tertiary/aromatic N) is 1. The molecule has 0 aliphatic carbocycles. The highest BCUT2D eigenvalue weighted by atomic mass is 16.4. The first-order chi connectivity index (χ1) is 3.72. The van der Waals surface area contributed by atoms with Crippen molar-refractivity contribution >= 4 is 5.71 Å². The zero-order chi connectivity index (χ0) is 6.57. The van der Waals surface area contributed by atoms with E-state index in [2.05, 4.69) is 5.16 Å². The number of oxime groups is 1. The summed E-state index contributed by atoms with van der Waals surface area (Å²) in [6, 6.07) is 0. The smallest absolute Gasteiger partial charge is 0.0948 e. The molecule has 0 aromatic carbocycles. The quantitative estimate of drug-likeness (QED) is 0.316. The van der Waals surface area contributed by atoms with Gasteiger partial charge in [-0.1, -0.05) is 12.1 Å². The van der Waals surface area contributed by atoms with Crippen molar-refractivity contribution in [3.63, 3.8) is 0 Å². The van der Waals surface area contributed by atoms with Crippen molar-refractivity contribution in [1.82, 2.24) is 0 Å². The summed E-state index contributed by atoms with van der Waals surface area (Å²) in [6.45, 7) is 3.40. The van der Waals surface area contributed by atoms with Gasteiger partial charge in [0.1, 0.15) is 0 Å². The van der Waals surface area contributed by atoms with E-state index in [0.717, 1.165) is 0 Å². The second-order valence-corrected chi connectivity index (χ2v) is 1.67. The van der Waals surface area contributed by atoms with Gasteiger partial charge in [-0.15, -0.1) is 0 Å². The van der Waals surface area contributed by atoms with E-state index < -0.39 is 6.10 Å². The Labute approximate surface area is 48.6 Å². The highest BCUT2D eigenvalue weighted by molar-refractivity contribution is 5.85. The minimum Gasteiger partial charge on any atom is -0.411 e. The third-order valence-electron chi connectivity index (χ3n) is 1.03. The number of rotatable bonds is 2. The number of aliphatic hydroxyl groups excluding tert-OH is 1. The van der Waals surface area contributed by atoms with E-state index in [4.69, 9.17) is 10.3 Å². The van der Waals surface area contributed by atoms with Crippen LogP contribution >= 0.6 is 0 Å². The normalized spacial score (nSPS) is 16.1. The van der Waals surface area contributed by atoms with Gasteiger partial charge in [0.15, 0.2) is 0 Å². The SMILES string of the molecule is CCC(O)C(C)=NO. The third-order valence-corrected chi connectivity index (χ3v) is 1.03. The molecule has 8 heavy (non-hydrogen) atoms. The van der Waals surface area contributed by atoms with Crippen LogP contribution in [0.25, 0.3) is 0 Å². The van der Waals surface area contributed by atoms with Gasteiger partial charge in [0.05, 0.1) is 11.8 Å². The maximum Gasteiger partial charge on any atom is 0.0948 e. The minimum atomic E-state index is -0.583. The van der Waals surface area contributed by atoms with Gasteiger partial charge in [0.25, 0.3) is 0 Å². The average molecular weight is 117 g/mol. The summed E-state index contributed by atoms with van der Waals surface area (Å²) in [4.78, 5) is 0. The lowest BCUT2D eigenvalue weighted by Crippen LogP contribution is -2.15. The lowest BCUT2D eigenvalue weighted by Gasteiger charge is -2.02. The third kappa shape index (κ3) is 1.93. The van der Waals surface area contributed by atoms with Gasteiger partial charge in [-0.3, -0.25) is 0 Å². The lowest BCUT2D eigenvalue weighted by atomic mass is 10.2.